The molecule has 2 amide bonds. The molecule has 2 saturated heterocycles. The summed E-state index contributed by atoms with van der Waals surface area (Å²) in [6.07, 6.45) is -0.928. The highest BCUT2D eigenvalue weighted by molar-refractivity contribution is 6.37. The molecule has 1 spiro atoms. The van der Waals surface area contributed by atoms with Gasteiger partial charge in [0, 0.05) is 11.1 Å². The molecule has 180 valence electrons. The van der Waals surface area contributed by atoms with Gasteiger partial charge in [-0.2, -0.15) is 0 Å². The molecule has 0 bridgehead atoms. The van der Waals surface area contributed by atoms with Crippen molar-refractivity contribution in [3.63, 3.8) is 0 Å². The van der Waals surface area contributed by atoms with Crippen LogP contribution in [-0.4, -0.2) is 35.6 Å². The average molecular weight is 482 g/mol. The summed E-state index contributed by atoms with van der Waals surface area (Å²) in [4.78, 5) is 56.6. The summed E-state index contributed by atoms with van der Waals surface area (Å²) in [6, 6.07) is 20.4. The van der Waals surface area contributed by atoms with Crippen LogP contribution in [0.4, 0.5) is 5.69 Å². The van der Waals surface area contributed by atoms with E-state index in [9.17, 15) is 19.2 Å². The van der Waals surface area contributed by atoms with Crippen molar-refractivity contribution in [3.05, 3.63) is 95.1 Å². The number of imide groups is 1. The highest BCUT2D eigenvalue weighted by Gasteiger charge is 2.74. The van der Waals surface area contributed by atoms with E-state index in [1.54, 1.807) is 48.5 Å². The van der Waals surface area contributed by atoms with Gasteiger partial charge in [0.15, 0.2) is 0 Å². The Balaban J connectivity index is 1.51. The van der Waals surface area contributed by atoms with Gasteiger partial charge in [0.05, 0.1) is 30.2 Å². The minimum absolute atomic E-state index is 0.214. The standard InChI is InChI=1S/C29H23NO6/c1-3-35-18-14-12-17(13-15-18)30-27(33)22-23(28(30)34)29(36-24(22)19-9-5-4-8-16(19)2)25(31)20-10-6-7-11-21(20)26(29)32/h4-15,22-24H,3H2,1-2H3/t22-,23+,24+/m0/s1. The lowest BCUT2D eigenvalue weighted by atomic mass is 9.77. The Bertz CT molecular complexity index is 1410. The van der Waals surface area contributed by atoms with E-state index >= 15 is 0 Å². The number of carbonyl (C=O) groups excluding carboxylic acids is 4. The predicted octanol–water partition coefficient (Wildman–Crippen LogP) is 4.09. The largest absolute Gasteiger partial charge is 0.494 e. The fraction of sp³-hybridized carbons (Fsp3) is 0.241. The van der Waals surface area contributed by atoms with Crippen LogP contribution in [0.5, 0.6) is 5.75 Å². The first-order valence-electron chi connectivity index (χ1n) is 11.9. The molecule has 3 aromatic rings. The molecule has 2 heterocycles. The van der Waals surface area contributed by atoms with Crippen LogP contribution >= 0.6 is 0 Å². The molecular formula is C29H23NO6. The Labute approximate surface area is 207 Å². The Morgan fingerprint density at radius 1 is 0.833 bits per heavy atom. The van der Waals surface area contributed by atoms with Gasteiger partial charge >= 0.3 is 0 Å². The van der Waals surface area contributed by atoms with Crippen LogP contribution in [0.1, 0.15) is 44.9 Å². The third-order valence-electron chi connectivity index (χ3n) is 7.42. The Hall–Kier alpha value is -4.10. The minimum Gasteiger partial charge on any atom is -0.494 e. The SMILES string of the molecule is CCOc1ccc(N2C(=O)[C@@H]3[C@@H](c4ccccc4C)OC4(C(=O)c5ccccc5C4=O)[C@H]3C2=O)cc1. The van der Waals surface area contributed by atoms with Crippen LogP contribution in [0.2, 0.25) is 0 Å². The molecule has 0 saturated carbocycles. The second-order valence-corrected chi connectivity index (χ2v) is 9.28. The van der Waals surface area contributed by atoms with Crippen LogP contribution < -0.4 is 9.64 Å². The van der Waals surface area contributed by atoms with E-state index in [-0.39, 0.29) is 11.1 Å². The molecule has 6 rings (SSSR count). The number of aryl methyl sites for hydroxylation is 1. The topological polar surface area (TPSA) is 90.0 Å². The number of benzene rings is 3. The van der Waals surface area contributed by atoms with Crippen molar-refractivity contribution in [2.45, 2.75) is 25.6 Å². The molecule has 0 radical (unpaired) electrons. The molecule has 2 fully saturated rings. The molecule has 1 aliphatic carbocycles. The van der Waals surface area contributed by atoms with E-state index in [0.29, 0.717) is 23.6 Å². The van der Waals surface area contributed by atoms with E-state index in [4.69, 9.17) is 9.47 Å². The van der Waals surface area contributed by atoms with Gasteiger partial charge in [-0.3, -0.25) is 19.2 Å². The maximum atomic E-state index is 14.0. The van der Waals surface area contributed by atoms with Gasteiger partial charge in [-0.05, 0) is 49.2 Å². The zero-order valence-corrected chi connectivity index (χ0v) is 19.8. The maximum Gasteiger partial charge on any atom is 0.241 e. The van der Waals surface area contributed by atoms with Gasteiger partial charge < -0.3 is 9.47 Å². The first kappa shape index (κ1) is 22.4. The fourth-order valence-corrected chi connectivity index (χ4v) is 5.82. The van der Waals surface area contributed by atoms with Gasteiger partial charge in [0.2, 0.25) is 29.0 Å². The third-order valence-corrected chi connectivity index (χ3v) is 7.42. The monoisotopic (exact) mass is 481 g/mol. The number of amides is 2. The summed E-state index contributed by atoms with van der Waals surface area (Å²) in [5.41, 5.74) is 0.229. The summed E-state index contributed by atoms with van der Waals surface area (Å²) in [5, 5.41) is 0. The Morgan fingerprint density at radius 3 is 2.06 bits per heavy atom. The zero-order valence-electron chi connectivity index (χ0n) is 19.8. The highest BCUT2D eigenvalue weighted by Crippen LogP contribution is 2.58. The quantitative estimate of drug-likeness (QED) is 0.412. The minimum atomic E-state index is -2.08. The van der Waals surface area contributed by atoms with Crippen molar-refractivity contribution < 1.29 is 28.7 Å². The normalized spacial score (nSPS) is 23.9. The number of hydrogen-bond acceptors (Lipinski definition) is 6. The number of hydrogen-bond donors (Lipinski definition) is 0. The zero-order chi connectivity index (χ0) is 25.2. The third kappa shape index (κ3) is 2.83. The Morgan fingerprint density at radius 2 is 1.44 bits per heavy atom. The van der Waals surface area contributed by atoms with E-state index < -0.39 is 46.9 Å². The average Bonchev–Trinajstić information content (AvgIpc) is 3.45. The second kappa shape index (κ2) is 7.96. The van der Waals surface area contributed by atoms with Gasteiger partial charge in [-0.15, -0.1) is 0 Å². The summed E-state index contributed by atoms with van der Waals surface area (Å²) < 4.78 is 11.8. The number of ketones is 2. The van der Waals surface area contributed by atoms with Gasteiger partial charge in [-0.25, -0.2) is 4.90 Å². The van der Waals surface area contributed by atoms with E-state index in [2.05, 4.69) is 0 Å². The number of rotatable bonds is 4. The fourth-order valence-electron chi connectivity index (χ4n) is 5.82. The predicted molar refractivity (Wildman–Crippen MR) is 130 cm³/mol. The summed E-state index contributed by atoms with van der Waals surface area (Å²) in [5.74, 6) is -3.92. The molecular weight excluding hydrogens is 458 g/mol. The van der Waals surface area contributed by atoms with Gasteiger partial charge in [0.1, 0.15) is 5.75 Å². The Kier molecular flexibility index (Phi) is 4.95. The van der Waals surface area contributed by atoms with Crippen molar-refractivity contribution in [1.82, 2.24) is 0 Å². The van der Waals surface area contributed by atoms with Crippen molar-refractivity contribution in [3.8, 4) is 5.75 Å². The van der Waals surface area contributed by atoms with E-state index in [1.807, 2.05) is 38.1 Å². The van der Waals surface area contributed by atoms with Crippen molar-refractivity contribution in [2.75, 3.05) is 11.5 Å². The molecule has 36 heavy (non-hydrogen) atoms. The molecule has 0 aromatic heterocycles. The van der Waals surface area contributed by atoms with Crippen LogP contribution in [0.3, 0.4) is 0 Å². The smallest absolute Gasteiger partial charge is 0.241 e. The number of Topliss-reactive ketones (excluding diaryl/α,β-unsaturated/α-hetero) is 2. The second-order valence-electron chi connectivity index (χ2n) is 9.28. The first-order valence-corrected chi connectivity index (χ1v) is 11.9. The molecule has 7 heteroatoms. The van der Waals surface area contributed by atoms with Crippen LogP contribution in [0.15, 0.2) is 72.8 Å². The van der Waals surface area contributed by atoms with Crippen LogP contribution in [-0.2, 0) is 14.3 Å². The van der Waals surface area contributed by atoms with Crippen LogP contribution in [0.25, 0.3) is 0 Å². The molecule has 3 atom stereocenters. The highest BCUT2D eigenvalue weighted by atomic mass is 16.5. The van der Waals surface area contributed by atoms with Gasteiger partial charge in [0.25, 0.3) is 0 Å². The van der Waals surface area contributed by atoms with Crippen molar-refractivity contribution in [2.24, 2.45) is 11.8 Å². The lowest BCUT2D eigenvalue weighted by Gasteiger charge is -2.27. The number of anilines is 1. The summed E-state index contributed by atoms with van der Waals surface area (Å²) >= 11 is 0. The molecule has 0 unspecified atom stereocenters. The molecule has 3 aromatic carbocycles. The van der Waals surface area contributed by atoms with Crippen molar-refractivity contribution in [1.29, 1.82) is 0 Å². The lowest BCUT2D eigenvalue weighted by Crippen LogP contribution is -2.51. The molecule has 7 nitrogen and oxygen atoms in total. The van der Waals surface area contributed by atoms with E-state index in [0.717, 1.165) is 10.5 Å². The lowest BCUT2D eigenvalue weighted by molar-refractivity contribution is -0.127. The molecule has 0 N–H and O–H groups in total. The maximum absolute atomic E-state index is 14.0. The first-order chi connectivity index (χ1) is 17.4. The molecule has 3 aliphatic rings. The van der Waals surface area contributed by atoms with Crippen LogP contribution in [0, 0.1) is 18.8 Å². The van der Waals surface area contributed by atoms with Crippen molar-refractivity contribution >= 4 is 29.1 Å². The molecule has 2 aliphatic heterocycles. The number of ether oxygens (including phenoxy) is 2. The number of fused-ring (bicyclic) bond motifs is 3. The summed E-state index contributed by atoms with van der Waals surface area (Å²) in [7, 11) is 0. The summed E-state index contributed by atoms with van der Waals surface area (Å²) in [6.45, 7) is 4.21. The number of carbonyl (C=O) groups is 4. The van der Waals surface area contributed by atoms with Gasteiger partial charge in [-0.1, -0.05) is 48.5 Å². The number of nitrogens with zero attached hydrogens (tertiary/aromatic N) is 1. The van der Waals surface area contributed by atoms with E-state index in [1.165, 1.54) is 0 Å².